The quantitative estimate of drug-likeness (QED) is 0.304. The maximum Gasteiger partial charge on any atom is 0.244 e. The summed E-state index contributed by atoms with van der Waals surface area (Å²) in [4.78, 5) is 21.2. The van der Waals surface area contributed by atoms with Crippen LogP contribution in [0.15, 0.2) is 41.7 Å². The molecule has 0 saturated heterocycles. The smallest absolute Gasteiger partial charge is 0.244 e. The lowest BCUT2D eigenvalue weighted by atomic mass is 10.2. The number of hydrogen-bond donors (Lipinski definition) is 2. The molecule has 1 amide bonds. The molecule has 0 fully saturated rings. The van der Waals surface area contributed by atoms with Crippen LogP contribution in [0.4, 0.5) is 5.82 Å². The number of thioether (sulfide) groups is 1. The van der Waals surface area contributed by atoms with Crippen molar-refractivity contribution in [1.82, 2.24) is 25.1 Å². The van der Waals surface area contributed by atoms with Gasteiger partial charge in [-0.3, -0.25) is 4.79 Å². The molecule has 0 bridgehead atoms. The zero-order valence-electron chi connectivity index (χ0n) is 16.4. The predicted molar refractivity (Wildman–Crippen MR) is 119 cm³/mol. The second kappa shape index (κ2) is 10.3. The van der Waals surface area contributed by atoms with E-state index in [0.29, 0.717) is 23.3 Å². The fraction of sp³-hybridized carbons (Fsp3) is 0.300. The van der Waals surface area contributed by atoms with Gasteiger partial charge in [0.25, 0.3) is 0 Å². The summed E-state index contributed by atoms with van der Waals surface area (Å²) < 4.78 is 1.78. The summed E-state index contributed by atoms with van der Waals surface area (Å²) in [6, 6.07) is 7.37. The number of nitrogens with zero attached hydrogens (tertiary/aromatic N) is 4. The van der Waals surface area contributed by atoms with E-state index < -0.39 is 0 Å². The van der Waals surface area contributed by atoms with Gasteiger partial charge < -0.3 is 10.6 Å². The lowest BCUT2D eigenvalue weighted by Crippen LogP contribution is -2.25. The average Bonchev–Trinajstić information content (AvgIpc) is 3.14. The van der Waals surface area contributed by atoms with Crippen LogP contribution in [0.2, 0.25) is 5.02 Å². The molecule has 2 N–H and O–H groups in total. The van der Waals surface area contributed by atoms with Gasteiger partial charge in [0.15, 0.2) is 10.8 Å². The Hall–Kier alpha value is -2.58. The molecule has 152 valence electrons. The normalized spacial score (nSPS) is 11.3. The number of amides is 1. The number of nitrogens with one attached hydrogen (secondary N) is 2. The molecule has 2 aromatic heterocycles. The Morgan fingerprint density at radius 1 is 1.28 bits per heavy atom. The number of benzene rings is 1. The summed E-state index contributed by atoms with van der Waals surface area (Å²) in [5, 5.41) is 12.8. The Bertz CT molecular complexity index is 1020. The van der Waals surface area contributed by atoms with E-state index >= 15 is 0 Å². The van der Waals surface area contributed by atoms with Gasteiger partial charge in [0.2, 0.25) is 5.91 Å². The number of anilines is 1. The molecule has 0 radical (unpaired) electrons. The third-order valence-corrected chi connectivity index (χ3v) is 5.03. The predicted octanol–water partition coefficient (Wildman–Crippen LogP) is 3.85. The van der Waals surface area contributed by atoms with Crippen molar-refractivity contribution < 1.29 is 4.79 Å². The largest absolute Gasteiger partial charge is 0.369 e. The van der Waals surface area contributed by atoms with Crippen molar-refractivity contribution in [3.8, 4) is 0 Å². The molecule has 0 atom stereocenters. The SMILES string of the molecule is CCCNc1nc(SC)nc2c1cnn2CCNC(=O)/C=C/c1ccccc1Cl. The van der Waals surface area contributed by atoms with E-state index in [9.17, 15) is 4.79 Å². The van der Waals surface area contributed by atoms with Gasteiger partial charge in [-0.2, -0.15) is 5.10 Å². The van der Waals surface area contributed by atoms with Crippen LogP contribution >= 0.6 is 23.4 Å². The van der Waals surface area contributed by atoms with Crippen molar-refractivity contribution in [3.63, 3.8) is 0 Å². The topological polar surface area (TPSA) is 84.7 Å². The van der Waals surface area contributed by atoms with Crippen LogP contribution < -0.4 is 10.6 Å². The van der Waals surface area contributed by atoms with Crippen LogP contribution in [0.3, 0.4) is 0 Å². The molecule has 0 saturated carbocycles. The van der Waals surface area contributed by atoms with Crippen molar-refractivity contribution >= 4 is 52.2 Å². The third-order valence-electron chi connectivity index (χ3n) is 4.14. The van der Waals surface area contributed by atoms with E-state index in [0.717, 1.165) is 35.4 Å². The third kappa shape index (κ3) is 5.48. The number of carbonyl (C=O) groups excluding carboxylic acids is 1. The van der Waals surface area contributed by atoms with Crippen LogP contribution in [0.25, 0.3) is 17.1 Å². The number of rotatable bonds is 9. The van der Waals surface area contributed by atoms with E-state index in [2.05, 4.69) is 32.6 Å². The fourth-order valence-corrected chi connectivity index (χ4v) is 3.25. The first-order valence-electron chi connectivity index (χ1n) is 9.34. The van der Waals surface area contributed by atoms with Crippen LogP contribution in [0.1, 0.15) is 18.9 Å². The highest BCUT2D eigenvalue weighted by molar-refractivity contribution is 7.98. The highest BCUT2D eigenvalue weighted by Gasteiger charge is 2.12. The minimum atomic E-state index is -0.189. The molecule has 3 aromatic rings. The second-order valence-electron chi connectivity index (χ2n) is 6.24. The van der Waals surface area contributed by atoms with E-state index in [1.807, 2.05) is 24.5 Å². The van der Waals surface area contributed by atoms with E-state index in [1.54, 1.807) is 23.0 Å². The number of fused-ring (bicyclic) bond motifs is 1. The molecule has 0 spiro atoms. The molecule has 9 heteroatoms. The van der Waals surface area contributed by atoms with Gasteiger partial charge in [0.1, 0.15) is 5.82 Å². The summed E-state index contributed by atoms with van der Waals surface area (Å²) in [7, 11) is 0. The molecule has 29 heavy (non-hydrogen) atoms. The molecular formula is C20H23ClN6OS. The summed E-state index contributed by atoms with van der Waals surface area (Å²) in [6.07, 6.45) is 7.88. The van der Waals surface area contributed by atoms with Crippen molar-refractivity contribution in [3.05, 3.63) is 47.1 Å². The zero-order chi connectivity index (χ0) is 20.6. The molecule has 2 heterocycles. The first-order chi connectivity index (χ1) is 14.1. The fourth-order valence-electron chi connectivity index (χ4n) is 2.69. The van der Waals surface area contributed by atoms with Crippen molar-refractivity contribution in [2.75, 3.05) is 24.7 Å². The van der Waals surface area contributed by atoms with Gasteiger partial charge in [-0.25, -0.2) is 14.6 Å². The van der Waals surface area contributed by atoms with Crippen molar-refractivity contribution in [2.45, 2.75) is 25.0 Å². The van der Waals surface area contributed by atoms with Crippen LogP contribution in [0, 0.1) is 0 Å². The molecule has 3 rings (SSSR count). The number of hydrogen-bond acceptors (Lipinski definition) is 6. The number of aromatic nitrogens is 4. The highest BCUT2D eigenvalue weighted by Crippen LogP contribution is 2.23. The first kappa shape index (κ1) is 21.1. The summed E-state index contributed by atoms with van der Waals surface area (Å²) in [5.41, 5.74) is 1.56. The Balaban J connectivity index is 1.64. The van der Waals surface area contributed by atoms with Crippen LogP contribution in [-0.4, -0.2) is 45.0 Å². The van der Waals surface area contributed by atoms with E-state index in [1.165, 1.54) is 17.8 Å². The minimum absolute atomic E-state index is 0.189. The molecule has 1 aromatic carbocycles. The Morgan fingerprint density at radius 2 is 2.10 bits per heavy atom. The van der Waals surface area contributed by atoms with E-state index in [-0.39, 0.29) is 5.91 Å². The Morgan fingerprint density at radius 3 is 2.86 bits per heavy atom. The Kier molecular flexibility index (Phi) is 7.48. The molecule has 7 nitrogen and oxygen atoms in total. The van der Waals surface area contributed by atoms with Gasteiger partial charge in [0.05, 0.1) is 18.1 Å². The van der Waals surface area contributed by atoms with Crippen molar-refractivity contribution in [1.29, 1.82) is 0 Å². The summed E-state index contributed by atoms with van der Waals surface area (Å²) in [5.74, 6) is 0.602. The Labute approximate surface area is 178 Å². The van der Waals surface area contributed by atoms with Gasteiger partial charge in [-0.1, -0.05) is 48.5 Å². The van der Waals surface area contributed by atoms with Crippen molar-refractivity contribution in [2.24, 2.45) is 0 Å². The molecule has 0 aliphatic carbocycles. The first-order valence-corrected chi connectivity index (χ1v) is 10.9. The second-order valence-corrected chi connectivity index (χ2v) is 7.42. The molecule has 0 unspecified atom stereocenters. The number of halogens is 1. The van der Waals surface area contributed by atoms with Gasteiger partial charge in [-0.15, -0.1) is 0 Å². The van der Waals surface area contributed by atoms with Gasteiger partial charge in [-0.05, 0) is 30.4 Å². The lowest BCUT2D eigenvalue weighted by molar-refractivity contribution is -0.116. The molecule has 0 aliphatic heterocycles. The van der Waals surface area contributed by atoms with Crippen LogP contribution in [-0.2, 0) is 11.3 Å². The monoisotopic (exact) mass is 430 g/mol. The summed E-state index contributed by atoms with van der Waals surface area (Å²) in [6.45, 7) is 3.87. The zero-order valence-corrected chi connectivity index (χ0v) is 17.9. The van der Waals surface area contributed by atoms with Gasteiger partial charge >= 0.3 is 0 Å². The van der Waals surface area contributed by atoms with Gasteiger partial charge in [0, 0.05) is 24.2 Å². The maximum atomic E-state index is 12.1. The summed E-state index contributed by atoms with van der Waals surface area (Å²) >= 11 is 7.58. The molecular weight excluding hydrogens is 408 g/mol. The van der Waals surface area contributed by atoms with E-state index in [4.69, 9.17) is 11.6 Å². The number of carbonyl (C=O) groups is 1. The highest BCUT2D eigenvalue weighted by atomic mass is 35.5. The van der Waals surface area contributed by atoms with Crippen LogP contribution in [0.5, 0.6) is 0 Å². The maximum absolute atomic E-state index is 12.1. The lowest BCUT2D eigenvalue weighted by Gasteiger charge is -2.08. The standard InChI is InChI=1S/C20H23ClN6OS/c1-3-10-23-18-15-13-24-27(19(15)26-20(25-18)29-2)12-11-22-17(28)9-8-14-6-4-5-7-16(14)21/h4-9,13H,3,10-12H2,1-2H3,(H,22,28)(H,23,25,26)/b9-8+. The minimum Gasteiger partial charge on any atom is -0.369 e. The average molecular weight is 431 g/mol. The molecule has 0 aliphatic rings.